The molecule has 2 rings (SSSR count). The van der Waals surface area contributed by atoms with Gasteiger partial charge in [0.05, 0.1) is 11.6 Å². The van der Waals surface area contributed by atoms with Gasteiger partial charge in [-0.1, -0.05) is 43.3 Å². The van der Waals surface area contributed by atoms with E-state index in [-0.39, 0.29) is 5.78 Å². The van der Waals surface area contributed by atoms with E-state index in [1.807, 2.05) is 49.0 Å². The van der Waals surface area contributed by atoms with Gasteiger partial charge in [0.25, 0.3) is 0 Å². The Balaban J connectivity index is 0.000000372. The molecule has 0 aliphatic heterocycles. The Bertz CT molecular complexity index is 610. The molecule has 4 heteroatoms. The topological polar surface area (TPSA) is 52.9 Å². The number of hydrogen-bond acceptors (Lipinski definition) is 4. The first-order valence-corrected chi connectivity index (χ1v) is 8.83. The average molecular weight is 343 g/mol. The van der Waals surface area contributed by atoms with Crippen molar-refractivity contribution in [3.05, 3.63) is 70.4 Å². The van der Waals surface area contributed by atoms with Gasteiger partial charge in [-0.3, -0.25) is 4.79 Å². The molecule has 0 radical (unpaired) electrons. The first kappa shape index (κ1) is 21.8. The fraction of sp³-hybridized carbons (Fsp3) is 0.300. The number of allylic oxidation sites excluding steroid dienone is 1. The van der Waals surface area contributed by atoms with Gasteiger partial charge in [-0.05, 0) is 43.8 Å². The molecule has 3 nitrogen and oxygen atoms in total. The van der Waals surface area contributed by atoms with Gasteiger partial charge >= 0.3 is 0 Å². The number of nitriles is 1. The van der Waals surface area contributed by atoms with Crippen molar-refractivity contribution in [2.75, 3.05) is 7.05 Å². The predicted octanol–water partition coefficient (Wildman–Crippen LogP) is 5.07. The SMILES string of the molecule is C/C=C/C(C)NC.CCC(=O)c1cccc(C#N)c1.c1ccsc1. The zero-order chi connectivity index (χ0) is 18.2. The molecule has 0 fully saturated rings. The molecule has 0 aliphatic carbocycles. The van der Waals surface area contributed by atoms with E-state index in [9.17, 15) is 4.79 Å². The molecular weight excluding hydrogens is 316 g/mol. The van der Waals surface area contributed by atoms with Crippen molar-refractivity contribution in [3.8, 4) is 6.07 Å². The Morgan fingerprint density at radius 2 is 2.00 bits per heavy atom. The summed E-state index contributed by atoms with van der Waals surface area (Å²) < 4.78 is 0. The van der Waals surface area contributed by atoms with Gasteiger partial charge in [0.1, 0.15) is 0 Å². The number of thiophene rings is 1. The van der Waals surface area contributed by atoms with Crippen molar-refractivity contribution >= 4 is 17.1 Å². The van der Waals surface area contributed by atoms with Crippen LogP contribution in [0.1, 0.15) is 43.1 Å². The summed E-state index contributed by atoms with van der Waals surface area (Å²) in [6.07, 6.45) is 4.63. The molecule has 1 heterocycles. The summed E-state index contributed by atoms with van der Waals surface area (Å²) in [5.74, 6) is 0.0760. The van der Waals surface area contributed by atoms with E-state index in [1.165, 1.54) is 0 Å². The molecule has 24 heavy (non-hydrogen) atoms. The molecule has 1 aromatic carbocycles. The zero-order valence-corrected chi connectivity index (χ0v) is 15.6. The van der Waals surface area contributed by atoms with E-state index >= 15 is 0 Å². The summed E-state index contributed by atoms with van der Waals surface area (Å²) in [6.45, 7) is 5.94. The molecule has 1 N–H and O–H groups in total. The number of nitrogens with zero attached hydrogens (tertiary/aromatic N) is 1. The van der Waals surface area contributed by atoms with Crippen LogP contribution >= 0.6 is 11.3 Å². The molecule has 0 saturated heterocycles. The maximum absolute atomic E-state index is 11.2. The largest absolute Gasteiger partial charge is 0.314 e. The Kier molecular flexibility index (Phi) is 13.0. The molecule has 0 bridgehead atoms. The third-order valence-electron chi connectivity index (χ3n) is 3.00. The van der Waals surface area contributed by atoms with Crippen LogP contribution in [-0.2, 0) is 0 Å². The Labute approximate surface area is 149 Å². The summed E-state index contributed by atoms with van der Waals surface area (Å²) in [7, 11) is 1.95. The molecule has 128 valence electrons. The summed E-state index contributed by atoms with van der Waals surface area (Å²) in [4.78, 5) is 11.2. The van der Waals surface area contributed by atoms with Crippen LogP contribution in [0, 0.1) is 11.3 Å². The second-order valence-electron chi connectivity index (χ2n) is 4.87. The Morgan fingerprint density at radius 3 is 2.38 bits per heavy atom. The van der Waals surface area contributed by atoms with Gasteiger partial charge in [0.2, 0.25) is 0 Å². The smallest absolute Gasteiger partial charge is 0.162 e. The fourth-order valence-electron chi connectivity index (χ4n) is 1.58. The Morgan fingerprint density at radius 1 is 1.33 bits per heavy atom. The highest BCUT2D eigenvalue weighted by molar-refractivity contribution is 7.07. The molecule has 1 unspecified atom stereocenters. The number of likely N-dealkylation sites (N-methyl/N-ethyl adjacent to an activating group) is 1. The van der Waals surface area contributed by atoms with Crippen LogP contribution in [0.2, 0.25) is 0 Å². The molecule has 0 spiro atoms. The highest BCUT2D eigenvalue weighted by atomic mass is 32.1. The van der Waals surface area contributed by atoms with Crippen LogP contribution in [0.4, 0.5) is 0 Å². The molecular formula is C20H26N2OS. The highest BCUT2D eigenvalue weighted by Crippen LogP contribution is 2.06. The van der Waals surface area contributed by atoms with Gasteiger partial charge in [-0.25, -0.2) is 0 Å². The minimum atomic E-state index is 0.0760. The maximum atomic E-state index is 11.2. The van der Waals surface area contributed by atoms with E-state index in [4.69, 9.17) is 5.26 Å². The Hall–Kier alpha value is -2.22. The third-order valence-corrected chi connectivity index (χ3v) is 3.63. The number of Topliss-reactive ketones (excluding diaryl/α,β-unsaturated/α-hetero) is 1. The van der Waals surface area contributed by atoms with E-state index in [0.717, 1.165) is 0 Å². The lowest BCUT2D eigenvalue weighted by Crippen LogP contribution is -2.17. The number of carbonyl (C=O) groups excluding carboxylic acids is 1. The van der Waals surface area contributed by atoms with Crippen LogP contribution in [0.5, 0.6) is 0 Å². The van der Waals surface area contributed by atoms with Gasteiger partial charge in [-0.15, -0.1) is 0 Å². The average Bonchev–Trinajstić information content (AvgIpc) is 3.21. The lowest BCUT2D eigenvalue weighted by Gasteiger charge is -1.99. The lowest BCUT2D eigenvalue weighted by atomic mass is 10.1. The van der Waals surface area contributed by atoms with Gasteiger partial charge < -0.3 is 5.32 Å². The molecule has 1 atom stereocenters. The van der Waals surface area contributed by atoms with Gasteiger partial charge in [0, 0.05) is 18.0 Å². The number of carbonyl (C=O) groups is 1. The van der Waals surface area contributed by atoms with Gasteiger partial charge in [-0.2, -0.15) is 16.6 Å². The number of hydrogen-bond donors (Lipinski definition) is 1. The minimum Gasteiger partial charge on any atom is -0.314 e. The van der Waals surface area contributed by atoms with Crippen molar-refractivity contribution in [2.24, 2.45) is 0 Å². The molecule has 0 saturated carbocycles. The number of rotatable bonds is 4. The first-order chi connectivity index (χ1) is 11.6. The van der Waals surface area contributed by atoms with E-state index in [0.29, 0.717) is 23.6 Å². The van der Waals surface area contributed by atoms with Crippen molar-refractivity contribution in [1.29, 1.82) is 5.26 Å². The van der Waals surface area contributed by atoms with Crippen LogP contribution in [0.25, 0.3) is 0 Å². The van der Waals surface area contributed by atoms with Crippen LogP contribution in [-0.4, -0.2) is 18.9 Å². The predicted molar refractivity (Wildman–Crippen MR) is 103 cm³/mol. The summed E-state index contributed by atoms with van der Waals surface area (Å²) in [5, 5.41) is 15.7. The monoisotopic (exact) mass is 342 g/mol. The third kappa shape index (κ3) is 10.5. The number of ketones is 1. The van der Waals surface area contributed by atoms with Crippen LogP contribution < -0.4 is 5.32 Å². The summed E-state index contributed by atoms with van der Waals surface area (Å²) in [5.41, 5.74) is 1.16. The van der Waals surface area contributed by atoms with Crippen molar-refractivity contribution in [3.63, 3.8) is 0 Å². The first-order valence-electron chi connectivity index (χ1n) is 7.89. The second-order valence-corrected chi connectivity index (χ2v) is 5.68. The minimum absolute atomic E-state index is 0.0760. The lowest BCUT2D eigenvalue weighted by molar-refractivity contribution is 0.0988. The molecule has 2 aromatic rings. The van der Waals surface area contributed by atoms with Crippen molar-refractivity contribution < 1.29 is 4.79 Å². The van der Waals surface area contributed by atoms with E-state index in [2.05, 4.69) is 18.3 Å². The van der Waals surface area contributed by atoms with E-state index < -0.39 is 0 Å². The normalized spacial score (nSPS) is 10.6. The quantitative estimate of drug-likeness (QED) is 0.623. The van der Waals surface area contributed by atoms with Crippen LogP contribution in [0.3, 0.4) is 0 Å². The fourth-order valence-corrected chi connectivity index (χ4v) is 2.03. The number of benzene rings is 1. The second kappa shape index (κ2) is 14.4. The molecule has 0 amide bonds. The van der Waals surface area contributed by atoms with Crippen molar-refractivity contribution in [1.82, 2.24) is 5.32 Å². The van der Waals surface area contributed by atoms with E-state index in [1.54, 1.807) is 42.5 Å². The number of nitrogens with one attached hydrogen (secondary N) is 1. The highest BCUT2D eigenvalue weighted by Gasteiger charge is 2.02. The molecule has 1 aromatic heterocycles. The summed E-state index contributed by atoms with van der Waals surface area (Å²) in [6, 6.07) is 13.3. The van der Waals surface area contributed by atoms with Crippen LogP contribution in [0.15, 0.2) is 59.3 Å². The standard InChI is InChI=1S/C10H9NO.C6H13N.C4H4S/c1-2-10(12)9-5-3-4-8(6-9)7-11;1-4-5-6(2)7-3;1-2-4-5-3-1/h3-6H,2H2,1H3;4-7H,1-3H3;1-4H/b;5-4+;. The molecule has 0 aliphatic rings. The summed E-state index contributed by atoms with van der Waals surface area (Å²) >= 11 is 1.71. The zero-order valence-electron chi connectivity index (χ0n) is 14.8. The maximum Gasteiger partial charge on any atom is 0.162 e. The van der Waals surface area contributed by atoms with Crippen molar-refractivity contribution in [2.45, 2.75) is 33.2 Å². The van der Waals surface area contributed by atoms with Gasteiger partial charge in [0.15, 0.2) is 5.78 Å².